The fourth-order valence-electron chi connectivity index (χ4n) is 1.67. The molecule has 1 unspecified atom stereocenters. The molecule has 1 aromatic carbocycles. The van der Waals surface area contributed by atoms with Gasteiger partial charge in [-0.15, -0.1) is 0 Å². The van der Waals surface area contributed by atoms with Crippen LogP contribution in [0.25, 0.3) is 0 Å². The van der Waals surface area contributed by atoms with E-state index in [0.717, 1.165) is 4.31 Å². The van der Waals surface area contributed by atoms with Crippen LogP contribution < -0.4 is 0 Å². The van der Waals surface area contributed by atoms with Crippen LogP contribution in [0.15, 0.2) is 58.0 Å². The van der Waals surface area contributed by atoms with Gasteiger partial charge in [0.05, 0.1) is 17.2 Å². The Bertz CT molecular complexity index is 672. The summed E-state index contributed by atoms with van der Waals surface area (Å²) in [5.74, 6) is 0.296. The van der Waals surface area contributed by atoms with E-state index in [1.54, 1.807) is 30.3 Å². The third-order valence-corrected chi connectivity index (χ3v) is 4.56. The molecule has 6 heteroatoms. The van der Waals surface area contributed by atoms with E-state index in [1.165, 1.54) is 25.4 Å². The van der Waals surface area contributed by atoms with Crippen LogP contribution in [0.4, 0.5) is 0 Å². The van der Waals surface area contributed by atoms with Gasteiger partial charge in [0.25, 0.3) is 0 Å². The lowest BCUT2D eigenvalue weighted by Gasteiger charge is -2.20. The Kier molecular flexibility index (Phi) is 3.69. The summed E-state index contributed by atoms with van der Waals surface area (Å²) in [7, 11) is -2.37. The van der Waals surface area contributed by atoms with Gasteiger partial charge >= 0.3 is 0 Å². The molecule has 0 aliphatic rings. The molecule has 5 nitrogen and oxygen atoms in total. The average molecular weight is 276 g/mol. The van der Waals surface area contributed by atoms with E-state index >= 15 is 0 Å². The second-order valence-corrected chi connectivity index (χ2v) is 5.88. The zero-order valence-corrected chi connectivity index (χ0v) is 11.0. The van der Waals surface area contributed by atoms with Gasteiger partial charge in [0, 0.05) is 7.05 Å². The minimum Gasteiger partial charge on any atom is -0.467 e. The first-order chi connectivity index (χ1) is 9.07. The Hall–Kier alpha value is -2.10. The molecule has 0 fully saturated rings. The van der Waals surface area contributed by atoms with E-state index in [2.05, 4.69) is 0 Å². The fourth-order valence-corrected chi connectivity index (χ4v) is 2.93. The molecular formula is C13H12N2O3S. The SMILES string of the molecule is CN(C(C#N)c1ccco1)S(=O)(=O)c1ccccc1. The highest BCUT2D eigenvalue weighted by molar-refractivity contribution is 7.89. The van der Waals surface area contributed by atoms with Gasteiger partial charge < -0.3 is 4.42 Å². The maximum Gasteiger partial charge on any atom is 0.244 e. The average Bonchev–Trinajstić information content (AvgIpc) is 2.94. The van der Waals surface area contributed by atoms with Crippen LogP contribution in [0.2, 0.25) is 0 Å². The summed E-state index contributed by atoms with van der Waals surface area (Å²) in [4.78, 5) is 0.143. The van der Waals surface area contributed by atoms with Crippen LogP contribution >= 0.6 is 0 Å². The van der Waals surface area contributed by atoms with Crippen molar-refractivity contribution in [2.75, 3.05) is 7.05 Å². The topological polar surface area (TPSA) is 74.3 Å². The molecule has 2 rings (SSSR count). The Morgan fingerprint density at radius 3 is 2.42 bits per heavy atom. The van der Waals surface area contributed by atoms with Gasteiger partial charge in [0.2, 0.25) is 10.0 Å². The number of furan rings is 1. The summed E-state index contributed by atoms with van der Waals surface area (Å²) in [5, 5.41) is 9.16. The minimum atomic E-state index is -3.73. The molecule has 0 amide bonds. The van der Waals surface area contributed by atoms with Crippen molar-refractivity contribution in [1.82, 2.24) is 4.31 Å². The molecule has 0 saturated carbocycles. The summed E-state index contributed by atoms with van der Waals surface area (Å²) >= 11 is 0. The zero-order valence-electron chi connectivity index (χ0n) is 10.2. The van der Waals surface area contributed by atoms with E-state index in [1.807, 2.05) is 6.07 Å². The summed E-state index contributed by atoms with van der Waals surface area (Å²) < 4.78 is 30.8. The molecule has 1 atom stereocenters. The van der Waals surface area contributed by atoms with Gasteiger partial charge in [-0.2, -0.15) is 9.57 Å². The summed E-state index contributed by atoms with van der Waals surface area (Å²) in [5.41, 5.74) is 0. The molecule has 19 heavy (non-hydrogen) atoms. The van der Waals surface area contributed by atoms with E-state index in [4.69, 9.17) is 9.68 Å². The van der Waals surface area contributed by atoms with E-state index in [9.17, 15) is 8.42 Å². The highest BCUT2D eigenvalue weighted by atomic mass is 32.2. The molecule has 0 radical (unpaired) electrons. The molecule has 0 N–H and O–H groups in total. The lowest BCUT2D eigenvalue weighted by atomic mass is 10.2. The Morgan fingerprint density at radius 1 is 1.21 bits per heavy atom. The Balaban J connectivity index is 2.39. The van der Waals surface area contributed by atoms with Crippen molar-refractivity contribution in [2.24, 2.45) is 0 Å². The predicted molar refractivity (Wildman–Crippen MR) is 68.5 cm³/mol. The monoisotopic (exact) mass is 276 g/mol. The Morgan fingerprint density at radius 2 is 1.89 bits per heavy atom. The van der Waals surface area contributed by atoms with Gasteiger partial charge in [0.1, 0.15) is 5.76 Å². The summed E-state index contributed by atoms with van der Waals surface area (Å²) in [6.07, 6.45) is 1.41. The van der Waals surface area contributed by atoms with Gasteiger partial charge in [-0.1, -0.05) is 18.2 Å². The van der Waals surface area contributed by atoms with Gasteiger partial charge in [-0.25, -0.2) is 8.42 Å². The molecule has 0 bridgehead atoms. The molecular weight excluding hydrogens is 264 g/mol. The maximum absolute atomic E-state index is 12.4. The van der Waals surface area contributed by atoms with Crippen molar-refractivity contribution in [2.45, 2.75) is 10.9 Å². The van der Waals surface area contributed by atoms with Crippen molar-refractivity contribution < 1.29 is 12.8 Å². The standard InChI is InChI=1S/C13H12N2O3S/c1-15(12(10-14)13-8-5-9-18-13)19(16,17)11-6-3-2-4-7-11/h2-9,12H,1H3. The second-order valence-electron chi connectivity index (χ2n) is 3.88. The van der Waals surface area contributed by atoms with Crippen LogP contribution in [0.5, 0.6) is 0 Å². The molecule has 0 aliphatic heterocycles. The van der Waals surface area contributed by atoms with Crippen LogP contribution in [0, 0.1) is 11.3 Å². The second kappa shape index (κ2) is 5.26. The molecule has 1 heterocycles. The number of nitrogens with zero attached hydrogens (tertiary/aromatic N) is 2. The third kappa shape index (κ3) is 2.52. The normalized spacial score (nSPS) is 13.1. The van der Waals surface area contributed by atoms with Crippen molar-refractivity contribution in [3.63, 3.8) is 0 Å². The predicted octanol–water partition coefficient (Wildman–Crippen LogP) is 2.16. The van der Waals surface area contributed by atoms with Crippen LogP contribution in [0.1, 0.15) is 11.8 Å². The molecule has 2 aromatic rings. The quantitative estimate of drug-likeness (QED) is 0.857. The molecule has 1 aromatic heterocycles. The Labute approximate surface area is 111 Å². The van der Waals surface area contributed by atoms with E-state index in [0.29, 0.717) is 5.76 Å². The minimum absolute atomic E-state index is 0.143. The smallest absolute Gasteiger partial charge is 0.244 e. The summed E-state index contributed by atoms with van der Waals surface area (Å²) in [6, 6.07) is 12.1. The van der Waals surface area contributed by atoms with Gasteiger partial charge in [-0.3, -0.25) is 0 Å². The summed E-state index contributed by atoms with van der Waals surface area (Å²) in [6.45, 7) is 0. The fraction of sp³-hybridized carbons (Fsp3) is 0.154. The third-order valence-electron chi connectivity index (χ3n) is 2.72. The van der Waals surface area contributed by atoms with E-state index < -0.39 is 16.1 Å². The zero-order chi connectivity index (χ0) is 13.9. The lowest BCUT2D eigenvalue weighted by Crippen LogP contribution is -2.30. The lowest BCUT2D eigenvalue weighted by molar-refractivity contribution is 0.371. The number of nitriles is 1. The highest BCUT2D eigenvalue weighted by Gasteiger charge is 2.30. The van der Waals surface area contributed by atoms with Gasteiger partial charge in [0.15, 0.2) is 6.04 Å². The number of hydrogen-bond donors (Lipinski definition) is 0. The van der Waals surface area contributed by atoms with Crippen LogP contribution in [-0.2, 0) is 10.0 Å². The van der Waals surface area contributed by atoms with Crippen LogP contribution in [-0.4, -0.2) is 19.8 Å². The highest BCUT2D eigenvalue weighted by Crippen LogP contribution is 2.25. The first-order valence-corrected chi connectivity index (χ1v) is 6.97. The molecule has 0 saturated heterocycles. The first kappa shape index (κ1) is 13.3. The van der Waals surface area contributed by atoms with Crippen molar-refractivity contribution >= 4 is 10.0 Å². The number of benzene rings is 1. The maximum atomic E-state index is 12.4. The number of sulfonamides is 1. The molecule has 0 aliphatic carbocycles. The van der Waals surface area contributed by atoms with Crippen molar-refractivity contribution in [1.29, 1.82) is 5.26 Å². The van der Waals surface area contributed by atoms with Gasteiger partial charge in [-0.05, 0) is 24.3 Å². The van der Waals surface area contributed by atoms with Crippen molar-refractivity contribution in [3.8, 4) is 6.07 Å². The van der Waals surface area contributed by atoms with Crippen LogP contribution in [0.3, 0.4) is 0 Å². The largest absolute Gasteiger partial charge is 0.467 e. The molecule has 0 spiro atoms. The van der Waals surface area contributed by atoms with E-state index in [-0.39, 0.29) is 4.90 Å². The number of rotatable bonds is 4. The first-order valence-electron chi connectivity index (χ1n) is 5.53. The van der Waals surface area contributed by atoms with Crippen molar-refractivity contribution in [3.05, 3.63) is 54.5 Å². The number of hydrogen-bond acceptors (Lipinski definition) is 4. The molecule has 98 valence electrons.